The van der Waals surface area contributed by atoms with Crippen LogP contribution in [0.3, 0.4) is 0 Å². The molecule has 1 heterocycles. The van der Waals surface area contributed by atoms with Gasteiger partial charge in [-0.3, -0.25) is 5.10 Å². The maximum atomic E-state index is 6.20. The van der Waals surface area contributed by atoms with Gasteiger partial charge in [0, 0.05) is 11.4 Å². The molecule has 0 aliphatic heterocycles. The van der Waals surface area contributed by atoms with E-state index in [1.807, 2.05) is 12.1 Å². The molecule has 0 spiro atoms. The zero-order valence-corrected chi connectivity index (χ0v) is 8.89. The molecule has 2 aromatic rings. The van der Waals surface area contributed by atoms with Gasteiger partial charge in [-0.2, -0.15) is 5.10 Å². The Morgan fingerprint density at radius 1 is 1.43 bits per heavy atom. The smallest absolute Gasteiger partial charge is 0.0747 e. The lowest BCUT2D eigenvalue weighted by molar-refractivity contribution is 0.900. The molecule has 0 atom stereocenters. The molecule has 0 bridgehead atoms. The second-order valence-corrected chi connectivity index (χ2v) is 3.94. The maximum Gasteiger partial charge on any atom is 0.0747 e. The van der Waals surface area contributed by atoms with E-state index in [9.17, 15) is 0 Å². The highest BCUT2D eigenvalue weighted by Crippen LogP contribution is 2.30. The van der Waals surface area contributed by atoms with E-state index in [1.54, 1.807) is 6.20 Å². The average molecular weight is 210 g/mol. The quantitative estimate of drug-likeness (QED) is 0.798. The highest BCUT2D eigenvalue weighted by atomic mass is 35.5. The van der Waals surface area contributed by atoms with Gasteiger partial charge < -0.3 is 5.32 Å². The second-order valence-electron chi connectivity index (χ2n) is 3.56. The normalized spacial score (nSPS) is 11.1. The summed E-state index contributed by atoms with van der Waals surface area (Å²) >= 11 is 6.20. The van der Waals surface area contributed by atoms with Crippen molar-refractivity contribution in [3.63, 3.8) is 0 Å². The Morgan fingerprint density at radius 2 is 2.21 bits per heavy atom. The molecular formula is C10H12ClN3. The van der Waals surface area contributed by atoms with E-state index in [2.05, 4.69) is 29.4 Å². The molecule has 14 heavy (non-hydrogen) atoms. The Kier molecular flexibility index (Phi) is 2.33. The number of benzene rings is 1. The van der Waals surface area contributed by atoms with Crippen LogP contribution in [-0.2, 0) is 0 Å². The SMILES string of the molecule is CC(C)Nc1ccc2[nH]ncc2c1Cl. The Balaban J connectivity index is 2.51. The third-order valence-corrected chi connectivity index (χ3v) is 2.41. The molecule has 0 amide bonds. The minimum atomic E-state index is 0.372. The number of fused-ring (bicyclic) bond motifs is 1. The minimum absolute atomic E-state index is 0.372. The Bertz CT molecular complexity index is 448. The monoisotopic (exact) mass is 209 g/mol. The van der Waals surface area contributed by atoms with Crippen molar-refractivity contribution < 1.29 is 0 Å². The lowest BCUT2D eigenvalue weighted by Gasteiger charge is -2.11. The molecule has 4 heteroatoms. The zero-order chi connectivity index (χ0) is 10.1. The molecule has 0 aliphatic rings. The van der Waals surface area contributed by atoms with Gasteiger partial charge in [0.25, 0.3) is 0 Å². The summed E-state index contributed by atoms with van der Waals surface area (Å²) in [5.74, 6) is 0. The van der Waals surface area contributed by atoms with E-state index >= 15 is 0 Å². The van der Waals surface area contributed by atoms with Gasteiger partial charge in [0.15, 0.2) is 0 Å². The molecular weight excluding hydrogens is 198 g/mol. The Morgan fingerprint density at radius 3 is 2.93 bits per heavy atom. The van der Waals surface area contributed by atoms with Gasteiger partial charge in [-0.25, -0.2) is 0 Å². The molecule has 1 aromatic carbocycles. The van der Waals surface area contributed by atoms with Gasteiger partial charge in [-0.15, -0.1) is 0 Å². The van der Waals surface area contributed by atoms with Gasteiger partial charge >= 0.3 is 0 Å². The van der Waals surface area contributed by atoms with Crippen molar-refractivity contribution in [2.24, 2.45) is 0 Å². The van der Waals surface area contributed by atoms with E-state index in [4.69, 9.17) is 11.6 Å². The van der Waals surface area contributed by atoms with E-state index in [0.29, 0.717) is 6.04 Å². The van der Waals surface area contributed by atoms with Crippen LogP contribution in [0.1, 0.15) is 13.8 Å². The number of aromatic nitrogens is 2. The summed E-state index contributed by atoms with van der Waals surface area (Å²) < 4.78 is 0. The fourth-order valence-electron chi connectivity index (χ4n) is 1.41. The Labute approximate surface area is 87.5 Å². The number of rotatable bonds is 2. The van der Waals surface area contributed by atoms with Gasteiger partial charge in [-0.1, -0.05) is 11.6 Å². The molecule has 1 aromatic heterocycles. The van der Waals surface area contributed by atoms with Crippen LogP contribution in [0.15, 0.2) is 18.3 Å². The second kappa shape index (κ2) is 3.50. The van der Waals surface area contributed by atoms with Crippen molar-refractivity contribution in [1.82, 2.24) is 10.2 Å². The third-order valence-electron chi connectivity index (χ3n) is 2.00. The average Bonchev–Trinajstić information content (AvgIpc) is 2.57. The van der Waals surface area contributed by atoms with Gasteiger partial charge in [-0.05, 0) is 26.0 Å². The van der Waals surface area contributed by atoms with Crippen molar-refractivity contribution in [3.05, 3.63) is 23.4 Å². The van der Waals surface area contributed by atoms with Crippen LogP contribution in [0.4, 0.5) is 5.69 Å². The number of nitrogens with one attached hydrogen (secondary N) is 2. The fourth-order valence-corrected chi connectivity index (χ4v) is 1.67. The van der Waals surface area contributed by atoms with Gasteiger partial charge in [0.05, 0.1) is 22.4 Å². The molecule has 0 aliphatic carbocycles. The number of halogens is 1. The summed E-state index contributed by atoms with van der Waals surface area (Å²) in [5.41, 5.74) is 1.92. The molecule has 0 saturated heterocycles. The predicted octanol–water partition coefficient (Wildman–Crippen LogP) is 3.04. The molecule has 0 unspecified atom stereocenters. The minimum Gasteiger partial charge on any atom is -0.382 e. The topological polar surface area (TPSA) is 40.7 Å². The first kappa shape index (κ1) is 9.34. The molecule has 74 valence electrons. The highest BCUT2D eigenvalue weighted by Gasteiger charge is 2.07. The van der Waals surface area contributed by atoms with Crippen LogP contribution in [0.5, 0.6) is 0 Å². The van der Waals surface area contributed by atoms with Crippen molar-refractivity contribution in [1.29, 1.82) is 0 Å². The highest BCUT2D eigenvalue weighted by molar-refractivity contribution is 6.38. The lowest BCUT2D eigenvalue weighted by atomic mass is 10.2. The summed E-state index contributed by atoms with van der Waals surface area (Å²) in [4.78, 5) is 0. The zero-order valence-electron chi connectivity index (χ0n) is 8.13. The first-order valence-corrected chi connectivity index (χ1v) is 4.94. The summed E-state index contributed by atoms with van der Waals surface area (Å²) in [5, 5.41) is 11.8. The fraction of sp³-hybridized carbons (Fsp3) is 0.300. The molecule has 0 saturated carbocycles. The standard InChI is InChI=1S/C10H12ClN3/c1-6(2)13-9-4-3-8-7(10(9)11)5-12-14-8/h3-6,13H,1-2H3,(H,12,14). The van der Waals surface area contributed by atoms with Crippen molar-refractivity contribution in [3.8, 4) is 0 Å². The predicted molar refractivity (Wildman–Crippen MR) is 59.9 cm³/mol. The molecule has 0 radical (unpaired) electrons. The van der Waals surface area contributed by atoms with Crippen molar-refractivity contribution in [2.45, 2.75) is 19.9 Å². The van der Waals surface area contributed by atoms with Crippen LogP contribution in [-0.4, -0.2) is 16.2 Å². The number of H-pyrrole nitrogens is 1. The number of nitrogens with zero attached hydrogens (tertiary/aromatic N) is 1. The number of anilines is 1. The molecule has 0 fully saturated rings. The molecule has 2 N–H and O–H groups in total. The van der Waals surface area contributed by atoms with Crippen LogP contribution >= 0.6 is 11.6 Å². The van der Waals surface area contributed by atoms with Crippen LogP contribution in [0.25, 0.3) is 10.9 Å². The number of hydrogen-bond acceptors (Lipinski definition) is 2. The van der Waals surface area contributed by atoms with E-state index in [-0.39, 0.29) is 0 Å². The summed E-state index contributed by atoms with van der Waals surface area (Å²) in [6.45, 7) is 4.16. The Hall–Kier alpha value is -1.22. The van der Waals surface area contributed by atoms with Gasteiger partial charge in [0.2, 0.25) is 0 Å². The largest absolute Gasteiger partial charge is 0.382 e. The van der Waals surface area contributed by atoms with Crippen LogP contribution in [0, 0.1) is 0 Å². The number of aromatic amines is 1. The maximum absolute atomic E-state index is 6.20. The third kappa shape index (κ3) is 1.55. The summed E-state index contributed by atoms with van der Waals surface area (Å²) in [6.07, 6.45) is 1.74. The lowest BCUT2D eigenvalue weighted by Crippen LogP contribution is -2.09. The van der Waals surface area contributed by atoms with Crippen LogP contribution in [0.2, 0.25) is 5.02 Å². The molecule has 3 nitrogen and oxygen atoms in total. The molecule has 2 rings (SSSR count). The summed E-state index contributed by atoms with van der Waals surface area (Å²) in [6, 6.07) is 4.30. The summed E-state index contributed by atoms with van der Waals surface area (Å²) in [7, 11) is 0. The first-order chi connectivity index (χ1) is 6.68. The van der Waals surface area contributed by atoms with Gasteiger partial charge in [0.1, 0.15) is 0 Å². The van der Waals surface area contributed by atoms with Crippen LogP contribution < -0.4 is 5.32 Å². The first-order valence-electron chi connectivity index (χ1n) is 4.56. The van der Waals surface area contributed by atoms with Crippen molar-refractivity contribution >= 4 is 28.2 Å². The number of hydrogen-bond donors (Lipinski definition) is 2. The van der Waals surface area contributed by atoms with E-state index in [1.165, 1.54) is 0 Å². The van der Waals surface area contributed by atoms with E-state index < -0.39 is 0 Å². The van der Waals surface area contributed by atoms with E-state index in [0.717, 1.165) is 21.6 Å². The van der Waals surface area contributed by atoms with Crippen molar-refractivity contribution in [2.75, 3.05) is 5.32 Å².